The lowest BCUT2D eigenvalue weighted by molar-refractivity contribution is -0.128. The van der Waals surface area contributed by atoms with Crippen LogP contribution in [0.25, 0.3) is 11.2 Å². The van der Waals surface area contributed by atoms with Crippen molar-refractivity contribution in [2.45, 2.75) is 33.2 Å². The molecule has 2 rings (SSSR count). The van der Waals surface area contributed by atoms with E-state index in [1.807, 2.05) is 4.57 Å². The number of hydrogen-bond acceptors (Lipinski definition) is 6. The van der Waals surface area contributed by atoms with Crippen LogP contribution in [0.5, 0.6) is 0 Å². The van der Waals surface area contributed by atoms with Gasteiger partial charge in [-0.1, -0.05) is 13.3 Å². The first-order valence-electron chi connectivity index (χ1n) is 5.97. The molecule has 0 unspecified atom stereocenters. The van der Waals surface area contributed by atoms with Gasteiger partial charge in [0.05, 0.1) is 6.33 Å². The Labute approximate surface area is 110 Å². The van der Waals surface area contributed by atoms with Crippen molar-refractivity contribution in [3.63, 3.8) is 0 Å². The fourth-order valence-corrected chi connectivity index (χ4v) is 1.39. The zero-order valence-corrected chi connectivity index (χ0v) is 11.0. The second-order valence-corrected chi connectivity index (χ2v) is 3.95. The quantitative estimate of drug-likeness (QED) is 0.651. The predicted molar refractivity (Wildman–Crippen MR) is 71.4 cm³/mol. The number of fused-ring (bicyclic) bond motifs is 1. The van der Waals surface area contributed by atoms with Crippen molar-refractivity contribution in [2.75, 3.05) is 5.73 Å². The SMILES string of the molecule is CC(=O)C=O.CCCCn1cnc2c(N)ncnc21. The summed E-state index contributed by atoms with van der Waals surface area (Å²) in [5, 5.41) is 0. The molecule has 0 aromatic carbocycles. The van der Waals surface area contributed by atoms with Crippen LogP contribution in [0.1, 0.15) is 26.7 Å². The zero-order chi connectivity index (χ0) is 14.3. The Morgan fingerprint density at radius 2 is 2.11 bits per heavy atom. The highest BCUT2D eigenvalue weighted by molar-refractivity contribution is 6.23. The number of aldehydes is 1. The largest absolute Gasteiger partial charge is 0.382 e. The van der Waals surface area contributed by atoms with Gasteiger partial charge in [0.1, 0.15) is 11.8 Å². The van der Waals surface area contributed by atoms with Gasteiger partial charge in [-0.15, -0.1) is 0 Å². The van der Waals surface area contributed by atoms with E-state index < -0.39 is 5.78 Å². The number of aromatic nitrogens is 4. The van der Waals surface area contributed by atoms with Crippen LogP contribution >= 0.6 is 0 Å². The molecular formula is C12H17N5O2. The van der Waals surface area contributed by atoms with Crippen LogP contribution < -0.4 is 5.73 Å². The first-order valence-corrected chi connectivity index (χ1v) is 5.97. The molecule has 0 aliphatic carbocycles. The molecule has 19 heavy (non-hydrogen) atoms. The van der Waals surface area contributed by atoms with Gasteiger partial charge in [0.25, 0.3) is 0 Å². The minimum Gasteiger partial charge on any atom is -0.382 e. The lowest BCUT2D eigenvalue weighted by Gasteiger charge is -2.00. The van der Waals surface area contributed by atoms with Crippen LogP contribution in [0.3, 0.4) is 0 Å². The van der Waals surface area contributed by atoms with E-state index in [1.165, 1.54) is 13.3 Å². The second-order valence-electron chi connectivity index (χ2n) is 3.95. The molecule has 0 bridgehead atoms. The minimum absolute atomic E-state index is 0.278. The van der Waals surface area contributed by atoms with E-state index in [9.17, 15) is 4.79 Å². The standard InChI is InChI=1S/C9H13N5.C3H4O2/c1-2-3-4-14-6-13-7-8(10)11-5-12-9(7)14;1-3(5)2-4/h5-6H,2-4H2,1H3,(H2,10,11,12);2H,1H3. The van der Waals surface area contributed by atoms with Gasteiger partial charge in [0.2, 0.25) is 0 Å². The second kappa shape index (κ2) is 7.20. The third-order valence-corrected chi connectivity index (χ3v) is 2.35. The normalized spacial score (nSPS) is 9.79. The van der Waals surface area contributed by atoms with Crippen molar-refractivity contribution in [3.8, 4) is 0 Å². The lowest BCUT2D eigenvalue weighted by atomic mass is 10.3. The van der Waals surface area contributed by atoms with Crippen molar-refractivity contribution in [1.82, 2.24) is 19.5 Å². The number of aryl methyl sites for hydroxylation is 1. The van der Waals surface area contributed by atoms with Gasteiger partial charge < -0.3 is 10.3 Å². The van der Waals surface area contributed by atoms with Gasteiger partial charge in [-0.2, -0.15) is 0 Å². The Morgan fingerprint density at radius 3 is 2.68 bits per heavy atom. The van der Waals surface area contributed by atoms with Gasteiger partial charge in [-0.05, 0) is 6.42 Å². The number of anilines is 1. The van der Waals surface area contributed by atoms with E-state index in [2.05, 4.69) is 21.9 Å². The van der Waals surface area contributed by atoms with Gasteiger partial charge >= 0.3 is 0 Å². The fraction of sp³-hybridized carbons (Fsp3) is 0.417. The first-order chi connectivity index (χ1) is 9.10. The van der Waals surface area contributed by atoms with Crippen LogP contribution in [0, 0.1) is 0 Å². The van der Waals surface area contributed by atoms with Crippen LogP contribution in [0.2, 0.25) is 0 Å². The summed E-state index contributed by atoms with van der Waals surface area (Å²) in [4.78, 5) is 30.8. The molecule has 0 radical (unpaired) electrons. The predicted octanol–water partition coefficient (Wildman–Crippen LogP) is 0.983. The van der Waals surface area contributed by atoms with E-state index in [1.54, 1.807) is 6.33 Å². The molecule has 0 spiro atoms. The number of Topliss-reactive ketones (excluding diaryl/α,β-unsaturated/α-hetero) is 1. The van der Waals surface area contributed by atoms with E-state index >= 15 is 0 Å². The van der Waals surface area contributed by atoms with Gasteiger partial charge in [-0.25, -0.2) is 15.0 Å². The smallest absolute Gasteiger partial charge is 0.192 e. The van der Waals surface area contributed by atoms with Crippen LogP contribution in [0.15, 0.2) is 12.7 Å². The maximum atomic E-state index is 9.44. The summed E-state index contributed by atoms with van der Waals surface area (Å²) in [5.41, 5.74) is 7.19. The number of nitrogens with zero attached hydrogens (tertiary/aromatic N) is 4. The van der Waals surface area contributed by atoms with Crippen LogP contribution in [-0.4, -0.2) is 31.6 Å². The molecule has 2 heterocycles. The summed E-state index contributed by atoms with van der Waals surface area (Å²) in [6.45, 7) is 4.30. The summed E-state index contributed by atoms with van der Waals surface area (Å²) >= 11 is 0. The molecule has 2 aromatic heterocycles. The van der Waals surface area contributed by atoms with Crippen molar-refractivity contribution >= 4 is 29.1 Å². The first kappa shape index (κ1) is 14.7. The van der Waals surface area contributed by atoms with Crippen molar-refractivity contribution in [3.05, 3.63) is 12.7 Å². The van der Waals surface area contributed by atoms with Crippen molar-refractivity contribution in [1.29, 1.82) is 0 Å². The lowest BCUT2D eigenvalue weighted by Crippen LogP contribution is -1.98. The molecule has 0 saturated carbocycles. The van der Waals surface area contributed by atoms with Crippen molar-refractivity contribution in [2.24, 2.45) is 0 Å². The molecule has 2 N–H and O–H groups in total. The number of unbranched alkanes of at least 4 members (excludes halogenated alkanes) is 1. The molecule has 0 aliphatic heterocycles. The molecule has 0 aliphatic rings. The Balaban J connectivity index is 0.000000312. The maximum absolute atomic E-state index is 9.44. The van der Waals surface area contributed by atoms with Crippen molar-refractivity contribution < 1.29 is 9.59 Å². The summed E-state index contributed by atoms with van der Waals surface area (Å²) in [7, 11) is 0. The molecule has 102 valence electrons. The molecule has 2 aromatic rings. The number of nitrogens with two attached hydrogens (primary N) is 1. The molecule has 0 atom stereocenters. The average Bonchev–Trinajstić information content (AvgIpc) is 2.82. The fourth-order valence-electron chi connectivity index (χ4n) is 1.39. The van der Waals surface area contributed by atoms with Crippen LogP contribution in [0.4, 0.5) is 5.82 Å². The Kier molecular flexibility index (Phi) is 5.59. The molecule has 0 amide bonds. The molecule has 7 heteroatoms. The van der Waals surface area contributed by atoms with Crippen LogP contribution in [-0.2, 0) is 16.1 Å². The Morgan fingerprint density at radius 1 is 1.42 bits per heavy atom. The van der Waals surface area contributed by atoms with E-state index in [4.69, 9.17) is 10.5 Å². The number of nitrogen functional groups attached to an aromatic ring is 1. The highest BCUT2D eigenvalue weighted by Gasteiger charge is 2.06. The van der Waals surface area contributed by atoms with E-state index in [-0.39, 0.29) is 6.29 Å². The number of carbonyl (C=O) groups is 2. The Bertz CT molecular complexity index is 564. The molecule has 0 saturated heterocycles. The third kappa shape index (κ3) is 4.13. The number of hydrogen-bond donors (Lipinski definition) is 1. The summed E-state index contributed by atoms with van der Waals surface area (Å²) in [6, 6.07) is 0. The Hall–Kier alpha value is -2.31. The van der Waals surface area contributed by atoms with E-state index in [0.717, 1.165) is 25.0 Å². The molecular weight excluding hydrogens is 246 g/mol. The van der Waals surface area contributed by atoms with E-state index in [0.29, 0.717) is 11.3 Å². The topological polar surface area (TPSA) is 104 Å². The third-order valence-electron chi connectivity index (χ3n) is 2.35. The monoisotopic (exact) mass is 263 g/mol. The van der Waals surface area contributed by atoms with Gasteiger partial charge in [0.15, 0.2) is 23.5 Å². The maximum Gasteiger partial charge on any atom is 0.192 e. The van der Waals surface area contributed by atoms with Gasteiger partial charge in [0, 0.05) is 13.5 Å². The average molecular weight is 263 g/mol. The number of imidazole rings is 1. The minimum atomic E-state index is -0.426. The highest BCUT2D eigenvalue weighted by Crippen LogP contribution is 2.14. The summed E-state index contributed by atoms with van der Waals surface area (Å²) in [6.07, 6.45) is 5.79. The number of rotatable bonds is 4. The highest BCUT2D eigenvalue weighted by atomic mass is 16.2. The molecule has 0 fully saturated rings. The summed E-state index contributed by atoms with van der Waals surface area (Å²) < 4.78 is 2.01. The zero-order valence-electron chi connectivity index (χ0n) is 11.0. The van der Waals surface area contributed by atoms with Gasteiger partial charge in [-0.3, -0.25) is 9.59 Å². The number of ketones is 1. The number of carbonyl (C=O) groups excluding carboxylic acids is 2. The summed E-state index contributed by atoms with van der Waals surface area (Å²) in [5.74, 6) is 0.0234. The molecule has 7 nitrogen and oxygen atoms in total.